The maximum Gasteiger partial charge on any atom is 0.339 e. The molecule has 0 N–H and O–H groups in total. The van der Waals surface area contributed by atoms with Crippen LogP contribution >= 0.6 is 11.6 Å². The Hall–Kier alpha value is -1.99. The fourth-order valence-electron chi connectivity index (χ4n) is 1.16. The fourth-order valence-corrected chi connectivity index (χ4v) is 1.35. The molecule has 0 heterocycles. The van der Waals surface area contributed by atoms with Crippen molar-refractivity contribution in [3.8, 4) is 11.8 Å². The van der Waals surface area contributed by atoms with Crippen molar-refractivity contribution in [1.82, 2.24) is 0 Å². The number of carbonyl (C=O) groups is 2. The molecule has 0 radical (unpaired) electrons. The van der Waals surface area contributed by atoms with E-state index in [4.69, 9.17) is 11.6 Å². The molecule has 1 rings (SSSR count). The second-order valence-corrected chi connectivity index (χ2v) is 3.65. The first-order chi connectivity index (χ1) is 8.58. The Balaban J connectivity index is 2.92. The summed E-state index contributed by atoms with van der Waals surface area (Å²) in [6.07, 6.45) is -0.00726. The summed E-state index contributed by atoms with van der Waals surface area (Å²) in [4.78, 5) is 22.2. The Bertz CT molecular complexity index is 526. The van der Waals surface area contributed by atoms with Crippen LogP contribution in [0.2, 0.25) is 5.02 Å². The molecule has 94 valence electrons. The molecule has 0 fully saturated rings. The van der Waals surface area contributed by atoms with Crippen LogP contribution in [0, 0.1) is 11.8 Å². The van der Waals surface area contributed by atoms with Crippen molar-refractivity contribution in [2.75, 3.05) is 14.2 Å². The van der Waals surface area contributed by atoms with Gasteiger partial charge in [0, 0.05) is 5.56 Å². The smallest absolute Gasteiger partial charge is 0.339 e. The highest BCUT2D eigenvalue weighted by Gasteiger charge is 2.10. The van der Waals surface area contributed by atoms with Crippen molar-refractivity contribution in [2.24, 2.45) is 0 Å². The molecule has 0 unspecified atom stereocenters. The van der Waals surface area contributed by atoms with Gasteiger partial charge in [0.05, 0.1) is 24.8 Å². The van der Waals surface area contributed by atoms with Gasteiger partial charge >= 0.3 is 11.9 Å². The quantitative estimate of drug-likeness (QED) is 0.607. The van der Waals surface area contributed by atoms with E-state index in [9.17, 15) is 9.59 Å². The van der Waals surface area contributed by atoms with Gasteiger partial charge in [-0.1, -0.05) is 23.4 Å². The van der Waals surface area contributed by atoms with Crippen molar-refractivity contribution in [3.05, 3.63) is 34.3 Å². The molecule has 0 amide bonds. The summed E-state index contributed by atoms with van der Waals surface area (Å²) in [6.45, 7) is 0. The minimum atomic E-state index is -0.531. The Morgan fingerprint density at radius 1 is 1.28 bits per heavy atom. The molecule has 5 heteroatoms. The second kappa shape index (κ2) is 6.67. The zero-order valence-corrected chi connectivity index (χ0v) is 10.7. The first-order valence-corrected chi connectivity index (χ1v) is 5.40. The number of ether oxygens (including phenoxy) is 2. The topological polar surface area (TPSA) is 52.6 Å². The molecule has 1 aromatic carbocycles. The van der Waals surface area contributed by atoms with Crippen molar-refractivity contribution in [2.45, 2.75) is 6.42 Å². The van der Waals surface area contributed by atoms with Gasteiger partial charge in [0.15, 0.2) is 0 Å². The number of esters is 2. The largest absolute Gasteiger partial charge is 0.468 e. The molecule has 0 bridgehead atoms. The van der Waals surface area contributed by atoms with E-state index in [1.54, 1.807) is 12.1 Å². The van der Waals surface area contributed by atoms with Gasteiger partial charge in [-0.15, -0.1) is 0 Å². The van der Waals surface area contributed by atoms with Crippen LogP contribution in [-0.4, -0.2) is 26.2 Å². The molecule has 0 aromatic heterocycles. The molecular weight excluding hydrogens is 256 g/mol. The molecule has 18 heavy (non-hydrogen) atoms. The van der Waals surface area contributed by atoms with E-state index in [0.29, 0.717) is 10.6 Å². The van der Waals surface area contributed by atoms with Crippen molar-refractivity contribution in [1.29, 1.82) is 0 Å². The molecule has 0 atom stereocenters. The number of halogens is 1. The average Bonchev–Trinajstić information content (AvgIpc) is 2.39. The van der Waals surface area contributed by atoms with Gasteiger partial charge in [-0.3, -0.25) is 4.79 Å². The molecule has 4 nitrogen and oxygen atoms in total. The van der Waals surface area contributed by atoms with E-state index in [-0.39, 0.29) is 12.0 Å². The van der Waals surface area contributed by atoms with Gasteiger partial charge in [-0.25, -0.2) is 4.79 Å². The maximum atomic E-state index is 11.4. The van der Waals surface area contributed by atoms with E-state index in [0.717, 1.165) is 0 Å². The van der Waals surface area contributed by atoms with Crippen molar-refractivity contribution in [3.63, 3.8) is 0 Å². The highest BCUT2D eigenvalue weighted by molar-refractivity contribution is 6.33. The van der Waals surface area contributed by atoms with Gasteiger partial charge in [-0.2, -0.15) is 0 Å². The summed E-state index contributed by atoms with van der Waals surface area (Å²) in [5.41, 5.74) is 0.813. The van der Waals surface area contributed by atoms with Crippen LogP contribution in [0.3, 0.4) is 0 Å². The van der Waals surface area contributed by atoms with Crippen LogP contribution in [-0.2, 0) is 14.3 Å². The molecule has 0 saturated heterocycles. The number of hydrogen-bond donors (Lipinski definition) is 0. The SMILES string of the molecule is COC(=O)CC#Cc1ccc(Cl)c(C(=O)OC)c1. The molecule has 0 aliphatic rings. The van der Waals surface area contributed by atoms with Crippen LogP contribution in [0.25, 0.3) is 0 Å². The number of benzene rings is 1. The van der Waals surface area contributed by atoms with Crippen molar-refractivity contribution >= 4 is 23.5 Å². The maximum absolute atomic E-state index is 11.4. The molecule has 0 spiro atoms. The predicted octanol–water partition coefficient (Wildman–Crippen LogP) is 2.04. The first-order valence-electron chi connectivity index (χ1n) is 5.02. The van der Waals surface area contributed by atoms with E-state index in [1.807, 2.05) is 0 Å². The van der Waals surface area contributed by atoms with Crippen molar-refractivity contribution < 1.29 is 19.1 Å². The minimum Gasteiger partial charge on any atom is -0.468 e. The Kier molecular flexibility index (Phi) is 5.22. The third-order valence-electron chi connectivity index (χ3n) is 2.06. The lowest BCUT2D eigenvalue weighted by atomic mass is 10.1. The summed E-state index contributed by atoms with van der Waals surface area (Å²) < 4.78 is 9.04. The second-order valence-electron chi connectivity index (χ2n) is 3.24. The van der Waals surface area contributed by atoms with E-state index in [2.05, 4.69) is 21.3 Å². The number of rotatable bonds is 2. The molecule has 0 aliphatic heterocycles. The normalized spacial score (nSPS) is 9.06. The lowest BCUT2D eigenvalue weighted by Crippen LogP contribution is -2.02. The molecular formula is C13H11ClO4. The van der Waals surface area contributed by atoms with Gasteiger partial charge in [0.1, 0.15) is 6.42 Å². The van der Waals surface area contributed by atoms with E-state index < -0.39 is 11.9 Å². The molecule has 0 aliphatic carbocycles. The van der Waals surface area contributed by atoms with Gasteiger partial charge in [0.25, 0.3) is 0 Å². The van der Waals surface area contributed by atoms with Crippen LogP contribution in [0.4, 0.5) is 0 Å². The van der Waals surface area contributed by atoms with Crippen LogP contribution in [0.5, 0.6) is 0 Å². The monoisotopic (exact) mass is 266 g/mol. The number of hydrogen-bond acceptors (Lipinski definition) is 4. The van der Waals surface area contributed by atoms with Gasteiger partial charge < -0.3 is 9.47 Å². The van der Waals surface area contributed by atoms with Crippen LogP contribution < -0.4 is 0 Å². The standard InChI is InChI=1S/C13H11ClO4/c1-17-12(15)5-3-4-9-6-7-11(14)10(8-9)13(16)18-2/h6-8H,5H2,1-2H3. The highest BCUT2D eigenvalue weighted by atomic mass is 35.5. The van der Waals surface area contributed by atoms with Gasteiger partial charge in [-0.05, 0) is 18.2 Å². The first kappa shape index (κ1) is 14.1. The molecule has 0 saturated carbocycles. The lowest BCUT2D eigenvalue weighted by molar-refractivity contribution is -0.139. The molecule has 1 aromatic rings. The Morgan fingerprint density at radius 2 is 2.00 bits per heavy atom. The zero-order valence-electron chi connectivity index (χ0n) is 9.95. The summed E-state index contributed by atoms with van der Waals surface area (Å²) in [5, 5.41) is 0.292. The van der Waals surface area contributed by atoms with Crippen LogP contribution in [0.1, 0.15) is 22.3 Å². The predicted molar refractivity (Wildman–Crippen MR) is 66.3 cm³/mol. The fraction of sp³-hybridized carbons (Fsp3) is 0.231. The zero-order chi connectivity index (χ0) is 13.5. The summed E-state index contributed by atoms with van der Waals surface area (Å²) in [5.74, 6) is 4.43. The van der Waals surface area contributed by atoms with Gasteiger partial charge in [0.2, 0.25) is 0 Å². The van der Waals surface area contributed by atoms with E-state index in [1.165, 1.54) is 20.3 Å². The Labute approximate surface area is 110 Å². The summed E-state index contributed by atoms with van der Waals surface area (Å²) in [6, 6.07) is 4.72. The minimum absolute atomic E-state index is 0.00726. The third kappa shape index (κ3) is 3.79. The number of carbonyl (C=O) groups excluding carboxylic acids is 2. The van der Waals surface area contributed by atoms with Crippen LogP contribution in [0.15, 0.2) is 18.2 Å². The lowest BCUT2D eigenvalue weighted by Gasteiger charge is -2.02. The van der Waals surface area contributed by atoms with E-state index >= 15 is 0 Å². The number of methoxy groups -OCH3 is 2. The third-order valence-corrected chi connectivity index (χ3v) is 2.39. The summed E-state index contributed by atoms with van der Waals surface area (Å²) >= 11 is 5.85. The highest BCUT2D eigenvalue weighted by Crippen LogP contribution is 2.18. The summed E-state index contributed by atoms with van der Waals surface area (Å²) in [7, 11) is 2.57. The Morgan fingerprint density at radius 3 is 2.61 bits per heavy atom. The average molecular weight is 267 g/mol.